The highest BCUT2D eigenvalue weighted by molar-refractivity contribution is 6.31. The summed E-state index contributed by atoms with van der Waals surface area (Å²) in [6.45, 7) is 7.08. The smallest absolute Gasteiger partial charge is 0.324 e. The van der Waals surface area contributed by atoms with Crippen molar-refractivity contribution in [1.82, 2.24) is 9.55 Å². The van der Waals surface area contributed by atoms with Crippen LogP contribution in [0.1, 0.15) is 29.9 Å². The van der Waals surface area contributed by atoms with E-state index in [0.29, 0.717) is 22.1 Å². The highest BCUT2D eigenvalue weighted by Gasteiger charge is 2.19. The number of amides is 1. The molecular formula is C16H18ClN3O2. The van der Waals surface area contributed by atoms with Gasteiger partial charge in [0.05, 0.1) is 0 Å². The number of carbonyl (C=O) groups excluding carboxylic acids is 1. The molecule has 116 valence electrons. The SMILES string of the molecule is Cc1cc(C)n(C(C)C(=O)Nc2ccc(C)c(Cl)c2)c(=O)n1. The predicted octanol–water partition coefficient (Wildman–Crippen LogP) is 3.02. The Bertz CT molecular complexity index is 783. The van der Waals surface area contributed by atoms with Crippen LogP contribution >= 0.6 is 11.6 Å². The van der Waals surface area contributed by atoms with Crippen LogP contribution in [0.3, 0.4) is 0 Å². The third kappa shape index (κ3) is 3.36. The summed E-state index contributed by atoms with van der Waals surface area (Å²) in [6, 6.07) is 6.39. The van der Waals surface area contributed by atoms with E-state index in [2.05, 4.69) is 10.3 Å². The van der Waals surface area contributed by atoms with Crippen molar-refractivity contribution >= 4 is 23.2 Å². The second kappa shape index (κ2) is 6.32. The molecule has 0 aliphatic heterocycles. The minimum atomic E-state index is -0.666. The Morgan fingerprint density at radius 2 is 1.95 bits per heavy atom. The second-order valence-electron chi connectivity index (χ2n) is 5.32. The first-order valence-corrected chi connectivity index (χ1v) is 7.31. The Hall–Kier alpha value is -2.14. The lowest BCUT2D eigenvalue weighted by atomic mass is 10.2. The zero-order valence-corrected chi connectivity index (χ0v) is 13.7. The lowest BCUT2D eigenvalue weighted by Gasteiger charge is -2.17. The topological polar surface area (TPSA) is 64.0 Å². The number of nitrogens with zero attached hydrogens (tertiary/aromatic N) is 2. The van der Waals surface area contributed by atoms with Crippen molar-refractivity contribution in [3.05, 3.63) is 56.7 Å². The molecule has 0 spiro atoms. The van der Waals surface area contributed by atoms with Gasteiger partial charge >= 0.3 is 5.69 Å². The number of hydrogen-bond donors (Lipinski definition) is 1. The maximum atomic E-state index is 12.4. The van der Waals surface area contributed by atoms with Crippen LogP contribution in [0, 0.1) is 20.8 Å². The molecule has 0 saturated carbocycles. The van der Waals surface area contributed by atoms with Gasteiger partial charge in [-0.05, 0) is 51.5 Å². The van der Waals surface area contributed by atoms with Crippen LogP contribution in [0.15, 0.2) is 29.1 Å². The molecule has 22 heavy (non-hydrogen) atoms. The van der Waals surface area contributed by atoms with Crippen molar-refractivity contribution in [2.45, 2.75) is 33.7 Å². The maximum Gasteiger partial charge on any atom is 0.348 e. The molecule has 2 aromatic rings. The highest BCUT2D eigenvalue weighted by atomic mass is 35.5. The van der Waals surface area contributed by atoms with Gasteiger partial charge in [0.25, 0.3) is 0 Å². The second-order valence-corrected chi connectivity index (χ2v) is 5.73. The van der Waals surface area contributed by atoms with E-state index < -0.39 is 11.7 Å². The van der Waals surface area contributed by atoms with Gasteiger partial charge in [0.15, 0.2) is 0 Å². The number of nitrogens with one attached hydrogen (secondary N) is 1. The lowest BCUT2D eigenvalue weighted by molar-refractivity contribution is -0.118. The fourth-order valence-electron chi connectivity index (χ4n) is 2.27. The van der Waals surface area contributed by atoms with E-state index >= 15 is 0 Å². The quantitative estimate of drug-likeness (QED) is 0.945. The zero-order chi connectivity index (χ0) is 16.4. The molecule has 5 nitrogen and oxygen atoms in total. The van der Waals surface area contributed by atoms with E-state index in [-0.39, 0.29) is 5.91 Å². The third-order valence-corrected chi connectivity index (χ3v) is 3.89. The van der Waals surface area contributed by atoms with Gasteiger partial charge in [-0.25, -0.2) is 4.79 Å². The molecule has 1 N–H and O–H groups in total. The number of anilines is 1. The fraction of sp³-hybridized carbons (Fsp3) is 0.312. The van der Waals surface area contributed by atoms with Crippen molar-refractivity contribution in [2.24, 2.45) is 0 Å². The monoisotopic (exact) mass is 319 g/mol. The molecule has 1 amide bonds. The number of aromatic nitrogens is 2. The summed E-state index contributed by atoms with van der Waals surface area (Å²) in [7, 11) is 0. The van der Waals surface area contributed by atoms with Gasteiger partial charge in [0.2, 0.25) is 5.91 Å². The first-order valence-electron chi connectivity index (χ1n) is 6.93. The van der Waals surface area contributed by atoms with Crippen LogP contribution in [-0.4, -0.2) is 15.5 Å². The molecule has 0 fully saturated rings. The van der Waals surface area contributed by atoms with Crippen LogP contribution in [0.4, 0.5) is 5.69 Å². The van der Waals surface area contributed by atoms with Crippen LogP contribution < -0.4 is 11.0 Å². The van der Waals surface area contributed by atoms with Crippen molar-refractivity contribution in [3.8, 4) is 0 Å². The molecule has 0 radical (unpaired) electrons. The Kier molecular flexibility index (Phi) is 4.66. The largest absolute Gasteiger partial charge is 0.348 e. The molecular weight excluding hydrogens is 302 g/mol. The molecule has 1 atom stereocenters. The van der Waals surface area contributed by atoms with E-state index in [9.17, 15) is 9.59 Å². The number of hydrogen-bond acceptors (Lipinski definition) is 3. The molecule has 2 rings (SSSR count). The van der Waals surface area contributed by atoms with Crippen molar-refractivity contribution in [1.29, 1.82) is 0 Å². The molecule has 0 bridgehead atoms. The van der Waals surface area contributed by atoms with Gasteiger partial charge in [0.1, 0.15) is 6.04 Å². The van der Waals surface area contributed by atoms with E-state index in [1.807, 2.05) is 13.0 Å². The minimum Gasteiger partial charge on any atom is -0.324 e. The van der Waals surface area contributed by atoms with Crippen LogP contribution in [0.25, 0.3) is 0 Å². The summed E-state index contributed by atoms with van der Waals surface area (Å²) in [5.41, 5.74) is 2.43. The summed E-state index contributed by atoms with van der Waals surface area (Å²) in [5.74, 6) is -0.296. The molecule has 1 aromatic heterocycles. The van der Waals surface area contributed by atoms with Crippen LogP contribution in [0.2, 0.25) is 5.02 Å². The lowest BCUT2D eigenvalue weighted by Crippen LogP contribution is -2.34. The Morgan fingerprint density at radius 3 is 2.55 bits per heavy atom. The predicted molar refractivity (Wildman–Crippen MR) is 87.5 cm³/mol. The average Bonchev–Trinajstić information content (AvgIpc) is 2.41. The van der Waals surface area contributed by atoms with Gasteiger partial charge < -0.3 is 5.32 Å². The summed E-state index contributed by atoms with van der Waals surface area (Å²) >= 11 is 6.05. The molecule has 0 aliphatic rings. The fourth-order valence-corrected chi connectivity index (χ4v) is 2.45. The van der Waals surface area contributed by atoms with Crippen LogP contribution in [0.5, 0.6) is 0 Å². The summed E-state index contributed by atoms with van der Waals surface area (Å²) in [5, 5.41) is 3.35. The third-order valence-electron chi connectivity index (χ3n) is 3.48. The number of halogens is 1. The number of aryl methyl sites for hydroxylation is 3. The van der Waals surface area contributed by atoms with Gasteiger partial charge in [-0.15, -0.1) is 0 Å². The van der Waals surface area contributed by atoms with Gasteiger partial charge in [0, 0.05) is 22.1 Å². The average molecular weight is 320 g/mol. The van der Waals surface area contributed by atoms with Crippen molar-refractivity contribution in [2.75, 3.05) is 5.32 Å². The van der Waals surface area contributed by atoms with Gasteiger partial charge in [-0.2, -0.15) is 4.98 Å². The highest BCUT2D eigenvalue weighted by Crippen LogP contribution is 2.21. The summed E-state index contributed by atoms with van der Waals surface area (Å²) < 4.78 is 1.37. The molecule has 1 unspecified atom stereocenters. The summed E-state index contributed by atoms with van der Waals surface area (Å²) in [6.07, 6.45) is 0. The number of carbonyl (C=O) groups is 1. The normalized spacial score (nSPS) is 12.0. The van der Waals surface area contributed by atoms with Crippen molar-refractivity contribution in [3.63, 3.8) is 0 Å². The zero-order valence-electron chi connectivity index (χ0n) is 13.0. The van der Waals surface area contributed by atoms with E-state index in [1.165, 1.54) is 4.57 Å². The Morgan fingerprint density at radius 1 is 1.27 bits per heavy atom. The first kappa shape index (κ1) is 16.2. The standard InChI is InChI=1S/C16H18ClN3O2/c1-9-5-6-13(8-14(9)17)19-15(21)12(4)20-11(3)7-10(2)18-16(20)22/h5-8,12H,1-4H3,(H,19,21). The first-order chi connectivity index (χ1) is 10.3. The molecule has 1 aromatic carbocycles. The van der Waals surface area contributed by atoms with E-state index in [0.717, 1.165) is 5.56 Å². The Balaban J connectivity index is 2.26. The van der Waals surface area contributed by atoms with Gasteiger partial charge in [-0.3, -0.25) is 9.36 Å². The molecule has 6 heteroatoms. The van der Waals surface area contributed by atoms with Crippen LogP contribution in [-0.2, 0) is 4.79 Å². The number of rotatable bonds is 3. The van der Waals surface area contributed by atoms with Gasteiger partial charge in [-0.1, -0.05) is 17.7 Å². The minimum absolute atomic E-state index is 0.296. The molecule has 0 saturated heterocycles. The Labute approximate surface area is 134 Å². The van der Waals surface area contributed by atoms with E-state index in [4.69, 9.17) is 11.6 Å². The summed E-state index contributed by atoms with van der Waals surface area (Å²) in [4.78, 5) is 28.2. The molecule has 0 aliphatic carbocycles. The van der Waals surface area contributed by atoms with Crippen molar-refractivity contribution < 1.29 is 4.79 Å². The number of benzene rings is 1. The maximum absolute atomic E-state index is 12.4. The molecule has 1 heterocycles. The van der Waals surface area contributed by atoms with E-state index in [1.54, 1.807) is 39.0 Å².